The van der Waals surface area contributed by atoms with Gasteiger partial charge in [0, 0.05) is 24.2 Å². The van der Waals surface area contributed by atoms with Gasteiger partial charge in [-0.1, -0.05) is 25.7 Å². The van der Waals surface area contributed by atoms with Gasteiger partial charge in [0.15, 0.2) is 11.5 Å². The summed E-state index contributed by atoms with van der Waals surface area (Å²) in [6.07, 6.45) is 7.31. The summed E-state index contributed by atoms with van der Waals surface area (Å²) >= 11 is 2.11. The summed E-state index contributed by atoms with van der Waals surface area (Å²) in [6, 6.07) is 3.46. The number of amides is 1. The van der Waals surface area contributed by atoms with Gasteiger partial charge in [-0.25, -0.2) is 0 Å². The molecule has 5 N–H and O–H groups in total. The largest absolute Gasteiger partial charge is 0.493 e. The second kappa shape index (κ2) is 12.9. The van der Waals surface area contributed by atoms with Crippen molar-refractivity contribution < 1.29 is 29.6 Å². The molecule has 1 aromatic carbocycles. The highest BCUT2D eigenvalue weighted by Gasteiger charge is 2.37. The molecule has 184 valence electrons. The van der Waals surface area contributed by atoms with Gasteiger partial charge in [0.25, 0.3) is 0 Å². The van der Waals surface area contributed by atoms with Crippen molar-refractivity contribution in [1.29, 1.82) is 0 Å². The van der Waals surface area contributed by atoms with Crippen molar-refractivity contribution in [3.05, 3.63) is 32.9 Å². The maximum absolute atomic E-state index is 12.7. The maximum atomic E-state index is 12.7. The molecule has 9 heteroatoms. The third-order valence-electron chi connectivity index (χ3n) is 6.27. The topological polar surface area (TPSA) is 120 Å². The molecule has 0 heterocycles. The minimum atomic E-state index is -0.860. The van der Waals surface area contributed by atoms with E-state index in [0.717, 1.165) is 29.3 Å². The predicted molar refractivity (Wildman–Crippen MR) is 133 cm³/mol. The van der Waals surface area contributed by atoms with Crippen LogP contribution in [0.25, 0.3) is 0 Å². The zero-order chi connectivity index (χ0) is 23.8. The van der Waals surface area contributed by atoms with Crippen LogP contribution in [-0.2, 0) is 11.4 Å². The smallest absolute Gasteiger partial charge is 0.247 e. The number of hydrogen-bond donors (Lipinski definition) is 5. The Morgan fingerprint density at radius 2 is 1.91 bits per heavy atom. The molecule has 1 saturated carbocycles. The molecule has 33 heavy (non-hydrogen) atoms. The summed E-state index contributed by atoms with van der Waals surface area (Å²) in [5.41, 5.74) is 1.21. The average Bonchev–Trinajstić information content (AvgIpc) is 3.09. The summed E-state index contributed by atoms with van der Waals surface area (Å²) in [4.78, 5) is 12.7. The molecule has 1 aromatic rings. The lowest BCUT2D eigenvalue weighted by atomic mass is 9.88. The summed E-state index contributed by atoms with van der Waals surface area (Å²) in [7, 11) is 1.52. The lowest BCUT2D eigenvalue weighted by Gasteiger charge is -2.36. The number of carbonyl (C=O) groups is 1. The highest BCUT2D eigenvalue weighted by atomic mass is 127. The Morgan fingerprint density at radius 1 is 1.18 bits per heavy atom. The molecule has 8 nitrogen and oxygen atoms in total. The number of aliphatic hydroxyl groups excluding tert-OH is 3. The first kappa shape index (κ1) is 26.2. The zero-order valence-corrected chi connectivity index (χ0v) is 21.2. The van der Waals surface area contributed by atoms with E-state index in [2.05, 4.69) is 33.2 Å². The van der Waals surface area contributed by atoms with Crippen LogP contribution < -0.4 is 20.1 Å². The number of hydrogen-bond acceptors (Lipinski definition) is 7. The van der Waals surface area contributed by atoms with Crippen molar-refractivity contribution in [3.8, 4) is 11.5 Å². The highest BCUT2D eigenvalue weighted by molar-refractivity contribution is 14.1. The van der Waals surface area contributed by atoms with Crippen molar-refractivity contribution in [2.75, 3.05) is 20.3 Å². The second-order valence-corrected chi connectivity index (χ2v) is 9.84. The highest BCUT2D eigenvalue weighted by Crippen LogP contribution is 2.36. The van der Waals surface area contributed by atoms with E-state index in [1.807, 2.05) is 0 Å². The maximum Gasteiger partial charge on any atom is 0.247 e. The third kappa shape index (κ3) is 7.05. The van der Waals surface area contributed by atoms with Crippen LogP contribution in [0.3, 0.4) is 0 Å². The first-order chi connectivity index (χ1) is 16.0. The molecule has 0 bridgehead atoms. The molecule has 0 aromatic heterocycles. The molecular weight excluding hydrogens is 539 g/mol. The van der Waals surface area contributed by atoms with Gasteiger partial charge in [-0.15, -0.1) is 0 Å². The molecule has 0 radical (unpaired) electrons. The van der Waals surface area contributed by atoms with Gasteiger partial charge in [0.2, 0.25) is 5.91 Å². The van der Waals surface area contributed by atoms with Crippen LogP contribution in [-0.4, -0.2) is 65.8 Å². The number of benzene rings is 1. The fourth-order valence-electron chi connectivity index (χ4n) is 4.53. The van der Waals surface area contributed by atoms with Gasteiger partial charge in [-0.2, -0.15) is 0 Å². The van der Waals surface area contributed by atoms with Crippen molar-refractivity contribution in [3.63, 3.8) is 0 Å². The number of methoxy groups -OCH3 is 1. The lowest BCUT2D eigenvalue weighted by Crippen LogP contribution is -2.54. The van der Waals surface area contributed by atoms with Crippen molar-refractivity contribution >= 4 is 28.5 Å². The van der Waals surface area contributed by atoms with E-state index in [4.69, 9.17) is 14.6 Å². The van der Waals surface area contributed by atoms with Gasteiger partial charge >= 0.3 is 0 Å². The molecule has 2 aliphatic rings. The van der Waals surface area contributed by atoms with Crippen LogP contribution in [0, 0.1) is 3.57 Å². The summed E-state index contributed by atoms with van der Waals surface area (Å²) in [6.45, 7) is -0.0988. The average molecular weight is 574 g/mol. The Hall–Kier alpha value is -1.40. The SMILES string of the molecule is COc1cc(CO)cc(I)c1OC1C=C(C(=O)NCCO)CC(NC2CCCCCC2)C1O. The Balaban J connectivity index is 1.86. The van der Waals surface area contributed by atoms with Gasteiger partial charge in [0.1, 0.15) is 12.2 Å². The number of aliphatic hydroxyl groups is 3. The quantitative estimate of drug-likeness (QED) is 0.226. The van der Waals surface area contributed by atoms with Gasteiger partial charge in [-0.05, 0) is 65.6 Å². The number of halogens is 1. The predicted octanol–water partition coefficient (Wildman–Crippen LogP) is 2.02. The fraction of sp³-hybridized carbons (Fsp3) is 0.625. The normalized spacial score (nSPS) is 24.0. The van der Waals surface area contributed by atoms with Crippen LogP contribution in [0.2, 0.25) is 0 Å². The fourth-order valence-corrected chi connectivity index (χ4v) is 5.32. The van der Waals surface area contributed by atoms with E-state index >= 15 is 0 Å². The van der Waals surface area contributed by atoms with Crippen molar-refractivity contribution in [2.24, 2.45) is 0 Å². The number of carbonyl (C=O) groups excluding carboxylic acids is 1. The Labute approximate surface area is 208 Å². The van der Waals surface area contributed by atoms with E-state index in [1.54, 1.807) is 18.2 Å². The minimum Gasteiger partial charge on any atom is -0.493 e. The third-order valence-corrected chi connectivity index (χ3v) is 7.08. The molecule has 0 aliphatic heterocycles. The van der Waals surface area contributed by atoms with Crippen molar-refractivity contribution in [1.82, 2.24) is 10.6 Å². The standard InChI is InChI=1S/C24H35IN2O6/c1-32-21-11-15(14-29)10-18(25)23(21)33-20-13-16(24(31)26-8-9-28)12-19(22(20)30)27-17-6-4-2-3-5-7-17/h10-11,13,17,19-20,22,27-30H,2-9,12,14H2,1H3,(H,26,31). The van der Waals surface area contributed by atoms with Crippen LogP contribution in [0.4, 0.5) is 0 Å². The molecule has 0 spiro atoms. The Bertz CT molecular complexity index is 825. The molecule has 0 saturated heterocycles. The minimum absolute atomic E-state index is 0.124. The lowest BCUT2D eigenvalue weighted by molar-refractivity contribution is -0.118. The van der Waals surface area contributed by atoms with E-state index < -0.39 is 12.2 Å². The molecule has 1 fully saturated rings. The molecule has 2 aliphatic carbocycles. The van der Waals surface area contributed by atoms with Crippen LogP contribution >= 0.6 is 22.6 Å². The molecule has 3 atom stereocenters. The summed E-state index contributed by atoms with van der Waals surface area (Å²) in [5.74, 6) is 0.645. The Morgan fingerprint density at radius 3 is 2.55 bits per heavy atom. The first-order valence-electron chi connectivity index (χ1n) is 11.6. The van der Waals surface area contributed by atoms with Crippen molar-refractivity contribution in [2.45, 2.75) is 75.8 Å². The van der Waals surface area contributed by atoms with Crippen LogP contribution in [0.5, 0.6) is 11.5 Å². The zero-order valence-electron chi connectivity index (χ0n) is 19.1. The number of rotatable bonds is 9. The van der Waals surface area contributed by atoms with E-state index in [0.29, 0.717) is 35.1 Å². The second-order valence-electron chi connectivity index (χ2n) is 8.68. The van der Waals surface area contributed by atoms with E-state index in [-0.39, 0.29) is 31.7 Å². The van der Waals surface area contributed by atoms with Crippen LogP contribution in [0.1, 0.15) is 50.5 Å². The molecular formula is C24H35IN2O6. The summed E-state index contributed by atoms with van der Waals surface area (Å²) < 4.78 is 12.4. The molecule has 3 unspecified atom stereocenters. The number of ether oxygens (including phenoxy) is 2. The Kier molecular flexibility index (Phi) is 10.2. The van der Waals surface area contributed by atoms with Gasteiger partial charge in [-0.3, -0.25) is 4.79 Å². The van der Waals surface area contributed by atoms with E-state index in [9.17, 15) is 15.0 Å². The van der Waals surface area contributed by atoms with Gasteiger partial charge < -0.3 is 35.4 Å². The molecule has 1 amide bonds. The summed E-state index contributed by atoms with van der Waals surface area (Å²) in [5, 5.41) is 36.1. The monoisotopic (exact) mass is 574 g/mol. The van der Waals surface area contributed by atoms with Crippen LogP contribution in [0.15, 0.2) is 23.8 Å². The van der Waals surface area contributed by atoms with E-state index in [1.165, 1.54) is 20.0 Å². The first-order valence-corrected chi connectivity index (χ1v) is 12.7. The number of nitrogens with one attached hydrogen (secondary N) is 2. The molecule has 3 rings (SSSR count). The van der Waals surface area contributed by atoms with Gasteiger partial charge in [0.05, 0.1) is 23.9 Å².